The number of amides is 3. The van der Waals surface area contributed by atoms with E-state index in [0.717, 1.165) is 12.0 Å². The Labute approximate surface area is 187 Å². The van der Waals surface area contributed by atoms with E-state index in [2.05, 4.69) is 10.1 Å². The molecule has 1 aromatic rings. The summed E-state index contributed by atoms with van der Waals surface area (Å²) in [5.74, 6) is -1.33. The van der Waals surface area contributed by atoms with Gasteiger partial charge in [0, 0.05) is 43.6 Å². The van der Waals surface area contributed by atoms with Crippen LogP contribution < -0.4 is 11.1 Å². The van der Waals surface area contributed by atoms with Crippen molar-refractivity contribution in [2.24, 2.45) is 5.73 Å². The molecule has 172 valence electrons. The number of nitrogens with two attached hydrogens (primary N) is 1. The molecular formula is C23H29N3O6. The van der Waals surface area contributed by atoms with E-state index in [1.165, 1.54) is 24.2 Å². The fourth-order valence-electron chi connectivity index (χ4n) is 3.23. The number of nitrogens with one attached hydrogen (secondary N) is 1. The highest BCUT2D eigenvalue weighted by molar-refractivity contribution is 6.12. The first kappa shape index (κ1) is 24.9. The van der Waals surface area contributed by atoms with Crippen molar-refractivity contribution in [1.29, 1.82) is 0 Å². The number of methoxy groups -OCH3 is 1. The summed E-state index contributed by atoms with van der Waals surface area (Å²) in [4.78, 5) is 59.5. The fourth-order valence-corrected chi connectivity index (χ4v) is 3.23. The van der Waals surface area contributed by atoms with E-state index < -0.39 is 12.0 Å². The van der Waals surface area contributed by atoms with Gasteiger partial charge in [-0.2, -0.15) is 0 Å². The van der Waals surface area contributed by atoms with Crippen molar-refractivity contribution in [3.8, 4) is 0 Å². The van der Waals surface area contributed by atoms with Crippen LogP contribution in [0.3, 0.4) is 0 Å². The summed E-state index contributed by atoms with van der Waals surface area (Å²) in [6.45, 7) is 0.356. The van der Waals surface area contributed by atoms with Crippen LogP contribution in [0.2, 0.25) is 0 Å². The fraction of sp³-hybridized carbons (Fsp3) is 0.435. The third-order valence-corrected chi connectivity index (χ3v) is 5.07. The zero-order chi connectivity index (χ0) is 23.5. The monoisotopic (exact) mass is 443 g/mol. The van der Waals surface area contributed by atoms with Crippen molar-refractivity contribution in [3.63, 3.8) is 0 Å². The molecule has 1 atom stereocenters. The van der Waals surface area contributed by atoms with E-state index in [9.17, 15) is 24.0 Å². The average Bonchev–Trinajstić information content (AvgIpc) is 3.10. The molecule has 9 nitrogen and oxygen atoms in total. The summed E-state index contributed by atoms with van der Waals surface area (Å²) in [5, 5.41) is 2.74. The molecule has 2 rings (SSSR count). The Morgan fingerprint density at radius 3 is 2.25 bits per heavy atom. The molecule has 0 saturated carbocycles. The Morgan fingerprint density at radius 1 is 0.969 bits per heavy atom. The smallest absolute Gasteiger partial charge is 0.322 e. The normalized spacial score (nSPS) is 13.9. The lowest BCUT2D eigenvalue weighted by Crippen LogP contribution is -2.33. The van der Waals surface area contributed by atoms with Gasteiger partial charge in [-0.05, 0) is 37.0 Å². The molecule has 1 aromatic carbocycles. The van der Waals surface area contributed by atoms with E-state index in [1.807, 2.05) is 0 Å². The van der Waals surface area contributed by atoms with Gasteiger partial charge in [0.25, 0.3) is 11.8 Å². The number of ketones is 1. The first-order valence-electron chi connectivity index (χ1n) is 10.6. The van der Waals surface area contributed by atoms with Gasteiger partial charge in [0.15, 0.2) is 0 Å². The van der Waals surface area contributed by atoms with E-state index in [1.54, 1.807) is 24.3 Å². The SMILES string of the molecule is COC(=O)[C@@H](N)Cc1ccc(NC(=O)CCC(=O)CCCCCN2C(=O)C=CC2=O)cc1. The molecule has 3 amide bonds. The molecule has 0 spiro atoms. The maximum atomic E-state index is 12.1. The Hall–Kier alpha value is -3.33. The van der Waals surface area contributed by atoms with Crippen LogP contribution in [0.1, 0.15) is 44.1 Å². The molecule has 1 heterocycles. The molecule has 0 bridgehead atoms. The predicted octanol–water partition coefficient (Wildman–Crippen LogP) is 1.50. The number of hydrogen-bond acceptors (Lipinski definition) is 7. The third kappa shape index (κ3) is 8.07. The number of Topliss-reactive ketones (excluding diaryl/α,β-unsaturated/α-hetero) is 1. The molecular weight excluding hydrogens is 414 g/mol. The topological polar surface area (TPSA) is 136 Å². The lowest BCUT2D eigenvalue weighted by atomic mass is 10.1. The van der Waals surface area contributed by atoms with Crippen LogP contribution >= 0.6 is 0 Å². The molecule has 0 unspecified atom stereocenters. The largest absolute Gasteiger partial charge is 0.468 e. The summed E-state index contributed by atoms with van der Waals surface area (Å²) in [6.07, 6.45) is 5.48. The van der Waals surface area contributed by atoms with Crippen LogP contribution in [0.25, 0.3) is 0 Å². The van der Waals surface area contributed by atoms with E-state index in [0.29, 0.717) is 37.9 Å². The Balaban J connectivity index is 1.60. The van der Waals surface area contributed by atoms with Crippen LogP contribution in [0.5, 0.6) is 0 Å². The number of esters is 1. The van der Waals surface area contributed by atoms with Gasteiger partial charge in [0.1, 0.15) is 11.8 Å². The number of nitrogens with zero attached hydrogens (tertiary/aromatic N) is 1. The highest BCUT2D eigenvalue weighted by Crippen LogP contribution is 2.13. The number of ether oxygens (including phenoxy) is 1. The summed E-state index contributed by atoms with van der Waals surface area (Å²) < 4.78 is 4.59. The molecule has 0 saturated heterocycles. The molecule has 0 fully saturated rings. The van der Waals surface area contributed by atoms with Crippen molar-refractivity contribution >= 4 is 35.2 Å². The van der Waals surface area contributed by atoms with E-state index in [-0.39, 0.29) is 36.3 Å². The van der Waals surface area contributed by atoms with Gasteiger partial charge in [-0.3, -0.25) is 28.9 Å². The Morgan fingerprint density at radius 2 is 1.62 bits per heavy atom. The number of hydrogen-bond donors (Lipinski definition) is 2. The summed E-state index contributed by atoms with van der Waals surface area (Å²) in [6, 6.07) is 6.22. The maximum absolute atomic E-state index is 12.1. The second kappa shape index (κ2) is 12.5. The quantitative estimate of drug-likeness (QED) is 0.268. The van der Waals surface area contributed by atoms with Crippen molar-refractivity contribution in [1.82, 2.24) is 4.90 Å². The number of anilines is 1. The van der Waals surface area contributed by atoms with Gasteiger partial charge in [-0.25, -0.2) is 0 Å². The van der Waals surface area contributed by atoms with Crippen LogP contribution in [0.4, 0.5) is 5.69 Å². The van der Waals surface area contributed by atoms with Gasteiger partial charge >= 0.3 is 5.97 Å². The Bertz CT molecular complexity index is 860. The van der Waals surface area contributed by atoms with E-state index >= 15 is 0 Å². The number of unbranched alkanes of at least 4 members (excludes halogenated alkanes) is 2. The van der Waals surface area contributed by atoms with Gasteiger partial charge in [-0.15, -0.1) is 0 Å². The number of rotatable bonds is 13. The summed E-state index contributed by atoms with van der Waals surface area (Å²) in [5.41, 5.74) is 7.16. The maximum Gasteiger partial charge on any atom is 0.322 e. The van der Waals surface area contributed by atoms with Gasteiger partial charge in [0.05, 0.1) is 7.11 Å². The molecule has 9 heteroatoms. The molecule has 1 aliphatic rings. The lowest BCUT2D eigenvalue weighted by molar-refractivity contribution is -0.142. The van der Waals surface area contributed by atoms with Crippen molar-refractivity contribution in [2.75, 3.05) is 19.0 Å². The molecule has 0 radical (unpaired) electrons. The average molecular weight is 444 g/mol. The summed E-state index contributed by atoms with van der Waals surface area (Å²) >= 11 is 0. The minimum Gasteiger partial charge on any atom is -0.468 e. The second-order valence-electron chi connectivity index (χ2n) is 7.59. The van der Waals surface area contributed by atoms with Crippen molar-refractivity contribution in [3.05, 3.63) is 42.0 Å². The zero-order valence-electron chi connectivity index (χ0n) is 18.2. The highest BCUT2D eigenvalue weighted by atomic mass is 16.5. The molecule has 1 aliphatic heterocycles. The minimum absolute atomic E-state index is 0.00212. The van der Waals surface area contributed by atoms with Gasteiger partial charge < -0.3 is 15.8 Å². The lowest BCUT2D eigenvalue weighted by Gasteiger charge is -2.12. The molecule has 32 heavy (non-hydrogen) atoms. The van der Waals surface area contributed by atoms with Crippen LogP contribution in [0, 0.1) is 0 Å². The van der Waals surface area contributed by atoms with Crippen LogP contribution in [0.15, 0.2) is 36.4 Å². The van der Waals surface area contributed by atoms with Crippen molar-refractivity contribution in [2.45, 2.75) is 51.0 Å². The van der Waals surface area contributed by atoms with Gasteiger partial charge in [-0.1, -0.05) is 18.6 Å². The first-order chi connectivity index (χ1) is 15.3. The second-order valence-corrected chi connectivity index (χ2v) is 7.59. The standard InChI is InChI=1S/C23H29N3O6/c1-32-23(31)19(24)15-16-6-8-17(9-7-16)25-20(28)11-10-18(27)5-3-2-4-14-26-21(29)12-13-22(26)30/h6-9,12-13,19H,2-5,10-11,14-15,24H2,1H3,(H,25,28)/t19-/m0/s1. The number of carbonyl (C=O) groups is 5. The predicted molar refractivity (Wildman–Crippen MR) is 117 cm³/mol. The third-order valence-electron chi connectivity index (χ3n) is 5.07. The highest BCUT2D eigenvalue weighted by Gasteiger charge is 2.22. The molecule has 3 N–H and O–H groups in total. The zero-order valence-corrected chi connectivity index (χ0v) is 18.2. The van der Waals surface area contributed by atoms with E-state index in [4.69, 9.17) is 5.73 Å². The number of imide groups is 1. The van der Waals surface area contributed by atoms with Crippen LogP contribution in [-0.4, -0.2) is 54.1 Å². The molecule has 0 aliphatic carbocycles. The summed E-state index contributed by atoms with van der Waals surface area (Å²) in [7, 11) is 1.28. The van der Waals surface area contributed by atoms with Crippen LogP contribution in [-0.2, 0) is 35.1 Å². The first-order valence-corrected chi connectivity index (χ1v) is 10.6. The minimum atomic E-state index is -0.742. The number of carbonyl (C=O) groups excluding carboxylic acids is 5. The Kier molecular flexibility index (Phi) is 9.75. The number of benzene rings is 1. The van der Waals surface area contributed by atoms with Crippen molar-refractivity contribution < 1.29 is 28.7 Å². The molecule has 0 aromatic heterocycles. The van der Waals surface area contributed by atoms with Gasteiger partial charge in [0.2, 0.25) is 5.91 Å².